The Hall–Kier alpha value is -5.27. The molecule has 3 aromatic carbocycles. The molecule has 0 bridgehead atoms. The van der Waals surface area contributed by atoms with Crippen LogP contribution in [-0.4, -0.2) is 78.3 Å². The third-order valence-corrected chi connectivity index (χ3v) is 19.4. The molecular weight excluding hydrogens is 835 g/mol. The molecule has 0 unspecified atom stereocenters. The molecule has 5 aliphatic rings. The molecule has 5 atom stereocenters. The van der Waals surface area contributed by atoms with Gasteiger partial charge in [-0.3, -0.25) is 19.4 Å². The fraction of sp³-hybridized carbons (Fsp3) is 0.453. The van der Waals surface area contributed by atoms with Gasteiger partial charge in [0.05, 0.1) is 18.7 Å². The summed E-state index contributed by atoms with van der Waals surface area (Å²) in [4.78, 5) is 37.0. The molecule has 1 N–H and O–H groups in total. The van der Waals surface area contributed by atoms with Gasteiger partial charge in [0, 0.05) is 47.8 Å². The summed E-state index contributed by atoms with van der Waals surface area (Å²) in [6, 6.07) is 21.6. The summed E-state index contributed by atoms with van der Waals surface area (Å²) in [6.07, 6.45) is 8.71. The van der Waals surface area contributed by atoms with Gasteiger partial charge < -0.3 is 28.3 Å². The average Bonchev–Trinajstić information content (AvgIpc) is 3.86. The first-order valence-corrected chi connectivity index (χ1v) is 26.2. The molecule has 2 saturated carbocycles. The summed E-state index contributed by atoms with van der Waals surface area (Å²) in [5.74, 6) is -1.07. The Kier molecular flexibility index (Phi) is 12.1. The predicted molar refractivity (Wildman–Crippen MR) is 253 cm³/mol. The maximum Gasteiger partial charge on any atom is 0.265 e. The first-order valence-electron chi connectivity index (χ1n) is 23.3. The summed E-state index contributed by atoms with van der Waals surface area (Å²) in [7, 11) is -1.29. The lowest BCUT2D eigenvalue weighted by atomic mass is 9.57. The first kappa shape index (κ1) is 44.9. The number of nitrogens with zero attached hydrogens (tertiary/aromatic N) is 3. The van der Waals surface area contributed by atoms with Gasteiger partial charge in [-0.1, -0.05) is 93.6 Å². The minimum Gasteiger partial charge on any atom is -0.507 e. The molecule has 9 rings (SSSR count). The van der Waals surface area contributed by atoms with E-state index < -0.39 is 48.4 Å². The number of hydrogen-bond acceptors (Lipinski definition) is 11. The van der Waals surface area contributed by atoms with Gasteiger partial charge in [-0.25, -0.2) is 0 Å². The Balaban J connectivity index is 1.25. The highest BCUT2D eigenvalue weighted by atomic mass is 28.4. The zero-order valence-electron chi connectivity index (χ0n) is 38.7. The van der Waals surface area contributed by atoms with Crippen LogP contribution < -0.4 is 14.2 Å². The molecule has 11 nitrogen and oxygen atoms in total. The van der Waals surface area contributed by atoms with E-state index in [2.05, 4.69) is 62.0 Å². The van der Waals surface area contributed by atoms with E-state index in [4.69, 9.17) is 23.2 Å². The average molecular weight is 898 g/mol. The maximum absolute atomic E-state index is 16.3. The zero-order valence-corrected chi connectivity index (χ0v) is 39.7. The topological polar surface area (TPSA) is 124 Å². The van der Waals surface area contributed by atoms with Gasteiger partial charge in [0.25, 0.3) is 5.88 Å². The standard InChI is InChI=1S/C53H63N3O8Si/c1-9-25-55(26-10-2)45-39-29-35-28-38-43(41(61-31-33-18-13-11-14-19-33)30-37(47(38)60-6)40-22-17-27-56(40)36-23-24-36)46(57)42(35)49(58)53(39,64-65(7,8)52(3,4)5)50(59)44-48(45)63-54-51(44)62-32-34-20-15-12-16-21-34/h9-16,18-21,30,35-36,39-40,45,57H,1-2,17,22-29,31-32H2,3-8H3/t35-,39-,40-,45-,53-/m0/s1. The largest absolute Gasteiger partial charge is 0.507 e. The highest BCUT2D eigenvalue weighted by Gasteiger charge is 2.69. The summed E-state index contributed by atoms with van der Waals surface area (Å²) in [6.45, 7) is 20.8. The number of hydrogen-bond donors (Lipinski definition) is 1. The van der Waals surface area contributed by atoms with Crippen LogP contribution in [0.4, 0.5) is 0 Å². The molecule has 1 aromatic heterocycles. The van der Waals surface area contributed by atoms with Crippen LogP contribution in [0.5, 0.6) is 17.4 Å². The number of methoxy groups -OCH3 is 1. The van der Waals surface area contributed by atoms with Crippen molar-refractivity contribution >= 4 is 25.6 Å². The Morgan fingerprint density at radius 3 is 2.18 bits per heavy atom. The quantitative estimate of drug-likeness (QED) is 0.0657. The molecule has 1 aliphatic heterocycles. The molecule has 342 valence electrons. The third kappa shape index (κ3) is 7.79. The number of aliphatic hydroxyl groups is 1. The van der Waals surface area contributed by atoms with Crippen molar-refractivity contribution in [1.82, 2.24) is 15.0 Å². The van der Waals surface area contributed by atoms with Crippen molar-refractivity contribution in [1.29, 1.82) is 0 Å². The van der Waals surface area contributed by atoms with Crippen molar-refractivity contribution in [3.05, 3.63) is 137 Å². The molecule has 2 heterocycles. The number of rotatable bonds is 16. The molecule has 3 fully saturated rings. The molecule has 1 saturated heterocycles. The van der Waals surface area contributed by atoms with E-state index in [1.54, 1.807) is 19.3 Å². The van der Waals surface area contributed by atoms with E-state index in [0.29, 0.717) is 54.8 Å². The highest BCUT2D eigenvalue weighted by Crippen LogP contribution is 2.60. The number of benzene rings is 3. The number of carbonyl (C=O) groups excluding carboxylic acids is 2. The molecule has 0 spiro atoms. The molecule has 12 heteroatoms. The smallest absolute Gasteiger partial charge is 0.265 e. The van der Waals surface area contributed by atoms with E-state index in [-0.39, 0.29) is 42.0 Å². The van der Waals surface area contributed by atoms with Crippen molar-refractivity contribution in [3.63, 3.8) is 0 Å². The molecule has 65 heavy (non-hydrogen) atoms. The molecule has 4 aliphatic carbocycles. The summed E-state index contributed by atoms with van der Waals surface area (Å²) in [5.41, 5.74) is 2.29. The van der Waals surface area contributed by atoms with Gasteiger partial charge in [-0.2, -0.15) is 0 Å². The Bertz CT molecular complexity index is 2500. The van der Waals surface area contributed by atoms with Gasteiger partial charge in [0.15, 0.2) is 19.7 Å². The number of ether oxygens (including phenoxy) is 3. The first-order chi connectivity index (χ1) is 31.2. The van der Waals surface area contributed by atoms with Crippen molar-refractivity contribution in [2.45, 2.75) is 114 Å². The number of likely N-dealkylation sites (tertiary alicyclic amines) is 1. The fourth-order valence-corrected chi connectivity index (χ4v) is 12.2. The molecule has 0 radical (unpaired) electrons. The Morgan fingerprint density at radius 1 is 0.938 bits per heavy atom. The number of aliphatic hydroxyl groups excluding tert-OH is 1. The van der Waals surface area contributed by atoms with Gasteiger partial charge in [-0.05, 0) is 91.5 Å². The van der Waals surface area contributed by atoms with Crippen molar-refractivity contribution in [2.75, 3.05) is 26.7 Å². The van der Waals surface area contributed by atoms with Crippen molar-refractivity contribution in [3.8, 4) is 17.4 Å². The van der Waals surface area contributed by atoms with E-state index in [1.165, 1.54) is 12.8 Å². The lowest BCUT2D eigenvalue weighted by molar-refractivity contribution is -0.141. The minimum atomic E-state index is -2.99. The van der Waals surface area contributed by atoms with Crippen LogP contribution in [0, 0.1) is 11.8 Å². The second-order valence-corrected chi connectivity index (χ2v) is 24.7. The van der Waals surface area contributed by atoms with E-state index in [1.807, 2.05) is 66.7 Å². The van der Waals surface area contributed by atoms with Crippen LogP contribution in [0.2, 0.25) is 18.1 Å². The minimum absolute atomic E-state index is 0.00389. The third-order valence-electron chi connectivity index (χ3n) is 14.9. The molecule has 0 amide bonds. The van der Waals surface area contributed by atoms with Crippen molar-refractivity contribution in [2.24, 2.45) is 11.8 Å². The summed E-state index contributed by atoms with van der Waals surface area (Å²) >= 11 is 0. The normalized spacial score (nSPS) is 24.3. The lowest BCUT2D eigenvalue weighted by Gasteiger charge is -2.55. The predicted octanol–water partition coefficient (Wildman–Crippen LogP) is 10.5. The van der Waals surface area contributed by atoms with E-state index in [9.17, 15) is 5.11 Å². The summed E-state index contributed by atoms with van der Waals surface area (Å²) < 4.78 is 33.2. The van der Waals surface area contributed by atoms with Crippen LogP contribution in [0.1, 0.15) is 109 Å². The number of fused-ring (bicyclic) bond motifs is 4. The van der Waals surface area contributed by atoms with Crippen LogP contribution in [-0.2, 0) is 28.9 Å². The van der Waals surface area contributed by atoms with Gasteiger partial charge in [-0.15, -0.1) is 13.2 Å². The highest BCUT2D eigenvalue weighted by molar-refractivity contribution is 6.74. The SMILES string of the molecule is C=CCN(CC=C)[C@@H]1c2onc(OCc3ccccc3)c2C(=O)[C@@]2(O[Si](C)(C)C(C)(C)C)C(=O)C3=C(O)c4c(OCc5ccccc5)cc([C@@H]5CCCN5C5CC5)c(OC)c4C[C@H]3C[C@@H]12. The lowest BCUT2D eigenvalue weighted by Crippen LogP contribution is -2.68. The summed E-state index contributed by atoms with van der Waals surface area (Å²) in [5, 5.41) is 17.0. The maximum atomic E-state index is 16.3. The monoisotopic (exact) mass is 897 g/mol. The second kappa shape index (κ2) is 17.5. The zero-order chi connectivity index (χ0) is 45.8. The number of Topliss-reactive ketones (excluding diaryl/α,β-unsaturated/α-hetero) is 2. The number of aromatic nitrogens is 1. The fourth-order valence-electron chi connectivity index (χ4n) is 10.8. The van der Waals surface area contributed by atoms with Gasteiger partial charge in [0.1, 0.15) is 36.0 Å². The number of carbonyl (C=O) groups is 2. The Morgan fingerprint density at radius 2 is 1.58 bits per heavy atom. The van der Waals surface area contributed by atoms with E-state index >= 15 is 9.59 Å². The molecule has 4 aromatic rings. The van der Waals surface area contributed by atoms with Crippen LogP contribution in [0.3, 0.4) is 0 Å². The van der Waals surface area contributed by atoms with Crippen LogP contribution >= 0.6 is 0 Å². The second-order valence-electron chi connectivity index (χ2n) is 20.0. The van der Waals surface area contributed by atoms with Gasteiger partial charge >= 0.3 is 0 Å². The van der Waals surface area contributed by atoms with Crippen molar-refractivity contribution < 1.29 is 37.9 Å². The van der Waals surface area contributed by atoms with Gasteiger partial charge in [0.2, 0.25) is 11.6 Å². The van der Waals surface area contributed by atoms with Crippen LogP contribution in [0.25, 0.3) is 5.76 Å². The Labute approximate surface area is 384 Å². The number of ketones is 2. The van der Waals surface area contributed by atoms with E-state index in [0.717, 1.165) is 41.6 Å². The van der Waals surface area contributed by atoms with Crippen LogP contribution in [0.15, 0.2) is 102 Å². The molecular formula is C53H63N3O8Si.